The van der Waals surface area contributed by atoms with E-state index in [0.717, 1.165) is 53.8 Å². The summed E-state index contributed by atoms with van der Waals surface area (Å²) in [6.07, 6.45) is 9.24. The third-order valence-electron chi connectivity index (χ3n) is 5.97. The highest BCUT2D eigenvalue weighted by molar-refractivity contribution is 5.94. The van der Waals surface area contributed by atoms with Gasteiger partial charge in [-0.15, -0.1) is 6.42 Å². The van der Waals surface area contributed by atoms with Crippen LogP contribution in [-0.2, 0) is 5.41 Å². The monoisotopic (exact) mass is 426 g/mol. The van der Waals surface area contributed by atoms with Crippen LogP contribution < -0.4 is 10.6 Å². The highest BCUT2D eigenvalue weighted by atomic mass is 16.1. The molecule has 1 saturated carbocycles. The molecule has 2 N–H and O–H groups in total. The quantitative estimate of drug-likeness (QED) is 0.572. The van der Waals surface area contributed by atoms with Crippen molar-refractivity contribution in [2.75, 3.05) is 5.32 Å². The fraction of sp³-hybridized carbons (Fsp3) is 0.370. The zero-order chi connectivity index (χ0) is 22.7. The summed E-state index contributed by atoms with van der Waals surface area (Å²) in [5.74, 6) is 4.27. The Morgan fingerprint density at radius 2 is 1.72 bits per heavy atom. The number of hydrogen-bond acceptors (Lipinski definition) is 4. The molecule has 1 amide bonds. The van der Waals surface area contributed by atoms with Gasteiger partial charge in [-0.2, -0.15) is 0 Å². The first-order chi connectivity index (χ1) is 15.3. The molecule has 1 fully saturated rings. The number of nitrogens with zero attached hydrogens (tertiary/aromatic N) is 2. The number of rotatable bonds is 4. The van der Waals surface area contributed by atoms with Crippen LogP contribution >= 0.6 is 0 Å². The molecule has 32 heavy (non-hydrogen) atoms. The zero-order valence-electron chi connectivity index (χ0n) is 19.0. The Balaban J connectivity index is 1.41. The number of amides is 1. The summed E-state index contributed by atoms with van der Waals surface area (Å²) < 4.78 is 0. The van der Waals surface area contributed by atoms with E-state index in [-0.39, 0.29) is 17.4 Å². The third kappa shape index (κ3) is 4.91. The van der Waals surface area contributed by atoms with Crippen molar-refractivity contribution in [2.45, 2.75) is 64.0 Å². The SMILES string of the molecule is C#Cc1cccc(C(=O)NC2CCC(Nc3nc(C(C)(C)C)nc4ccccc34)CC2)c1. The normalized spacial score (nSPS) is 18.7. The number of fused-ring (bicyclic) bond motifs is 1. The molecule has 5 heteroatoms. The Hall–Kier alpha value is -3.39. The van der Waals surface area contributed by atoms with Crippen LogP contribution in [0.15, 0.2) is 48.5 Å². The molecule has 0 bridgehead atoms. The second kappa shape index (κ2) is 9.00. The number of terminal acetylenes is 1. The first-order valence-electron chi connectivity index (χ1n) is 11.2. The number of para-hydroxylation sites is 1. The highest BCUT2D eigenvalue weighted by Crippen LogP contribution is 2.29. The molecular weight excluding hydrogens is 396 g/mol. The van der Waals surface area contributed by atoms with Gasteiger partial charge in [0.15, 0.2) is 0 Å². The van der Waals surface area contributed by atoms with Gasteiger partial charge in [0.05, 0.1) is 5.52 Å². The smallest absolute Gasteiger partial charge is 0.251 e. The van der Waals surface area contributed by atoms with Gasteiger partial charge in [0, 0.05) is 34.0 Å². The minimum Gasteiger partial charge on any atom is -0.367 e. The summed E-state index contributed by atoms with van der Waals surface area (Å²) in [5, 5.41) is 7.89. The molecule has 0 radical (unpaired) electrons. The van der Waals surface area contributed by atoms with Crippen LogP contribution in [0.5, 0.6) is 0 Å². The Morgan fingerprint density at radius 3 is 2.44 bits per heavy atom. The molecular formula is C27H30N4O. The highest BCUT2D eigenvalue weighted by Gasteiger charge is 2.25. The molecule has 4 rings (SSSR count). The summed E-state index contributed by atoms with van der Waals surface area (Å²) in [6.45, 7) is 6.40. The van der Waals surface area contributed by atoms with Gasteiger partial charge in [0.1, 0.15) is 11.6 Å². The number of anilines is 1. The van der Waals surface area contributed by atoms with E-state index >= 15 is 0 Å². The molecule has 5 nitrogen and oxygen atoms in total. The van der Waals surface area contributed by atoms with Crippen LogP contribution in [0.2, 0.25) is 0 Å². The van der Waals surface area contributed by atoms with Crippen LogP contribution in [0.4, 0.5) is 5.82 Å². The number of carbonyl (C=O) groups excluding carboxylic acids is 1. The van der Waals surface area contributed by atoms with Crippen molar-refractivity contribution in [1.82, 2.24) is 15.3 Å². The molecule has 3 aromatic rings. The van der Waals surface area contributed by atoms with E-state index in [1.54, 1.807) is 12.1 Å². The number of benzene rings is 2. The second-order valence-electron chi connectivity index (χ2n) is 9.55. The first-order valence-corrected chi connectivity index (χ1v) is 11.2. The standard InChI is InChI=1S/C27H30N4O/c1-5-18-9-8-10-19(17-18)25(32)29-21-15-13-20(14-16-21)28-24-22-11-6-7-12-23(22)30-26(31-24)27(2,3)4/h1,6-12,17,20-21H,13-16H2,2-4H3,(H,29,32)(H,28,30,31). The Kier molecular flexibility index (Phi) is 6.14. The van der Waals surface area contributed by atoms with Gasteiger partial charge in [-0.25, -0.2) is 9.97 Å². The molecule has 2 aromatic carbocycles. The van der Waals surface area contributed by atoms with Gasteiger partial charge in [-0.05, 0) is 56.0 Å². The van der Waals surface area contributed by atoms with Gasteiger partial charge in [0.25, 0.3) is 5.91 Å². The number of hydrogen-bond donors (Lipinski definition) is 2. The zero-order valence-corrected chi connectivity index (χ0v) is 19.0. The average molecular weight is 427 g/mol. The van der Waals surface area contributed by atoms with Crippen LogP contribution in [0.1, 0.15) is 68.2 Å². The van der Waals surface area contributed by atoms with Gasteiger partial charge in [0.2, 0.25) is 0 Å². The lowest BCUT2D eigenvalue weighted by Gasteiger charge is -2.30. The number of carbonyl (C=O) groups is 1. The van der Waals surface area contributed by atoms with Crippen LogP contribution in [0, 0.1) is 12.3 Å². The van der Waals surface area contributed by atoms with Crippen molar-refractivity contribution < 1.29 is 4.79 Å². The summed E-state index contributed by atoms with van der Waals surface area (Å²) >= 11 is 0. The predicted octanol–water partition coefficient (Wildman–Crippen LogP) is 5.06. The molecule has 0 atom stereocenters. The molecule has 0 saturated heterocycles. The largest absolute Gasteiger partial charge is 0.367 e. The van der Waals surface area contributed by atoms with E-state index in [9.17, 15) is 4.79 Å². The van der Waals surface area contributed by atoms with Gasteiger partial charge < -0.3 is 10.6 Å². The van der Waals surface area contributed by atoms with E-state index in [1.165, 1.54) is 0 Å². The molecule has 0 aliphatic heterocycles. The van der Waals surface area contributed by atoms with E-state index in [2.05, 4.69) is 43.4 Å². The van der Waals surface area contributed by atoms with Crippen molar-refractivity contribution in [2.24, 2.45) is 0 Å². The van der Waals surface area contributed by atoms with Crippen molar-refractivity contribution in [1.29, 1.82) is 0 Å². The average Bonchev–Trinajstić information content (AvgIpc) is 2.79. The molecule has 1 aromatic heterocycles. The third-order valence-corrected chi connectivity index (χ3v) is 5.97. The Morgan fingerprint density at radius 1 is 1.00 bits per heavy atom. The van der Waals surface area contributed by atoms with Crippen molar-refractivity contribution in [3.8, 4) is 12.3 Å². The van der Waals surface area contributed by atoms with Crippen molar-refractivity contribution >= 4 is 22.6 Å². The molecule has 164 valence electrons. The topological polar surface area (TPSA) is 66.9 Å². The molecule has 1 heterocycles. The number of nitrogens with one attached hydrogen (secondary N) is 2. The molecule has 0 spiro atoms. The van der Waals surface area contributed by atoms with E-state index in [4.69, 9.17) is 16.4 Å². The molecule has 1 aliphatic rings. The van der Waals surface area contributed by atoms with Crippen molar-refractivity contribution in [3.63, 3.8) is 0 Å². The minimum absolute atomic E-state index is 0.0601. The first kappa shape index (κ1) is 21.8. The maximum absolute atomic E-state index is 12.6. The molecule has 0 unspecified atom stereocenters. The summed E-state index contributed by atoms with van der Waals surface area (Å²) in [7, 11) is 0. The Labute approximate surface area is 190 Å². The van der Waals surface area contributed by atoms with E-state index in [1.807, 2.05) is 30.3 Å². The van der Waals surface area contributed by atoms with E-state index < -0.39 is 0 Å². The molecule has 1 aliphatic carbocycles. The Bertz CT molecular complexity index is 1160. The summed E-state index contributed by atoms with van der Waals surface area (Å²) in [4.78, 5) is 22.3. The van der Waals surface area contributed by atoms with Gasteiger partial charge >= 0.3 is 0 Å². The van der Waals surface area contributed by atoms with Gasteiger partial charge in [-0.3, -0.25) is 4.79 Å². The second-order valence-corrected chi connectivity index (χ2v) is 9.55. The lowest BCUT2D eigenvalue weighted by Crippen LogP contribution is -2.40. The van der Waals surface area contributed by atoms with Crippen LogP contribution in [0.25, 0.3) is 10.9 Å². The fourth-order valence-corrected chi connectivity index (χ4v) is 4.12. The summed E-state index contributed by atoms with van der Waals surface area (Å²) in [6, 6.07) is 15.8. The minimum atomic E-state index is -0.126. The lowest BCUT2D eigenvalue weighted by molar-refractivity contribution is 0.0926. The fourth-order valence-electron chi connectivity index (χ4n) is 4.12. The number of aromatic nitrogens is 2. The van der Waals surface area contributed by atoms with Crippen LogP contribution in [0.3, 0.4) is 0 Å². The maximum atomic E-state index is 12.6. The maximum Gasteiger partial charge on any atom is 0.251 e. The summed E-state index contributed by atoms with van der Waals surface area (Å²) in [5.41, 5.74) is 2.17. The van der Waals surface area contributed by atoms with Crippen LogP contribution in [-0.4, -0.2) is 28.0 Å². The predicted molar refractivity (Wildman–Crippen MR) is 130 cm³/mol. The van der Waals surface area contributed by atoms with Crippen molar-refractivity contribution in [3.05, 3.63) is 65.5 Å². The van der Waals surface area contributed by atoms with Gasteiger partial charge in [-0.1, -0.05) is 44.9 Å². The van der Waals surface area contributed by atoms with E-state index in [0.29, 0.717) is 11.6 Å². The lowest BCUT2D eigenvalue weighted by atomic mass is 9.90.